The lowest BCUT2D eigenvalue weighted by Crippen LogP contribution is -2.36. The van der Waals surface area contributed by atoms with E-state index in [4.69, 9.17) is 5.84 Å². The first-order valence-electron chi connectivity index (χ1n) is 5.37. The van der Waals surface area contributed by atoms with Crippen LogP contribution in [-0.4, -0.2) is 12.0 Å². The van der Waals surface area contributed by atoms with Crippen LogP contribution in [0.3, 0.4) is 0 Å². The van der Waals surface area contributed by atoms with Gasteiger partial charge in [-0.25, -0.2) is 15.2 Å². The summed E-state index contributed by atoms with van der Waals surface area (Å²) in [5.74, 6) is 5.52. The molecule has 92 valence electrons. The average Bonchev–Trinajstić information content (AvgIpc) is 3.08. The van der Waals surface area contributed by atoms with Gasteiger partial charge in [-0.05, 0) is 53.4 Å². The first-order chi connectivity index (χ1) is 8.10. The fourth-order valence-corrected chi connectivity index (χ4v) is 1.86. The number of benzene rings is 1. The normalized spacial score (nSPS) is 15.9. The highest BCUT2D eigenvalue weighted by Gasteiger charge is 2.21. The van der Waals surface area contributed by atoms with Gasteiger partial charge in [0.1, 0.15) is 5.82 Å². The van der Waals surface area contributed by atoms with Crippen molar-refractivity contribution in [3.8, 4) is 0 Å². The van der Waals surface area contributed by atoms with Crippen LogP contribution in [0.1, 0.15) is 18.4 Å². The topological polar surface area (TPSA) is 62.4 Å². The van der Waals surface area contributed by atoms with Crippen LogP contribution in [0.2, 0.25) is 0 Å². The van der Waals surface area contributed by atoms with Crippen molar-refractivity contribution in [1.82, 2.24) is 5.43 Å². The number of hydrogen-bond acceptors (Lipinski definition) is 2. The van der Waals surface area contributed by atoms with E-state index in [1.165, 1.54) is 6.07 Å². The molecule has 0 heterocycles. The monoisotopic (exact) mass is 300 g/mol. The molecular weight excluding hydrogens is 287 g/mol. The van der Waals surface area contributed by atoms with Crippen molar-refractivity contribution in [2.75, 3.05) is 5.32 Å². The number of nitrogens with two attached hydrogens (primary N) is 1. The summed E-state index contributed by atoms with van der Waals surface area (Å²) in [4.78, 5) is 4.33. The molecule has 0 aromatic heterocycles. The zero-order valence-corrected chi connectivity index (χ0v) is 11.0. The van der Waals surface area contributed by atoms with Gasteiger partial charge in [0.15, 0.2) is 0 Å². The number of aryl methyl sites for hydroxylation is 1. The maximum atomic E-state index is 13.4. The van der Waals surface area contributed by atoms with Crippen LogP contribution < -0.4 is 16.6 Å². The number of rotatable bonds is 2. The molecular formula is C11H14BrFN4. The minimum Gasteiger partial charge on any atom is -0.325 e. The van der Waals surface area contributed by atoms with Crippen LogP contribution in [0.15, 0.2) is 21.6 Å². The van der Waals surface area contributed by atoms with E-state index in [0.717, 1.165) is 18.4 Å². The summed E-state index contributed by atoms with van der Waals surface area (Å²) in [6, 6.07) is 3.47. The Morgan fingerprint density at radius 1 is 1.53 bits per heavy atom. The zero-order valence-electron chi connectivity index (χ0n) is 9.43. The molecule has 0 aliphatic heterocycles. The SMILES string of the molecule is Cc1cc(Br)c(F)cc1NC(=NC1CC1)NN. The van der Waals surface area contributed by atoms with E-state index in [0.29, 0.717) is 22.2 Å². The molecule has 0 amide bonds. The zero-order chi connectivity index (χ0) is 12.4. The van der Waals surface area contributed by atoms with Crippen molar-refractivity contribution in [1.29, 1.82) is 0 Å². The van der Waals surface area contributed by atoms with Gasteiger partial charge in [0, 0.05) is 5.69 Å². The molecule has 17 heavy (non-hydrogen) atoms. The second-order valence-electron chi connectivity index (χ2n) is 4.06. The van der Waals surface area contributed by atoms with Crippen molar-refractivity contribution in [2.24, 2.45) is 10.8 Å². The molecule has 0 saturated heterocycles. The van der Waals surface area contributed by atoms with Crippen molar-refractivity contribution in [3.63, 3.8) is 0 Å². The molecule has 1 saturated carbocycles. The van der Waals surface area contributed by atoms with Gasteiger partial charge in [-0.15, -0.1) is 0 Å². The Hall–Kier alpha value is -1.14. The summed E-state index contributed by atoms with van der Waals surface area (Å²) in [6.07, 6.45) is 2.17. The van der Waals surface area contributed by atoms with E-state index in [2.05, 4.69) is 31.7 Å². The van der Waals surface area contributed by atoms with Crippen LogP contribution in [-0.2, 0) is 0 Å². The molecule has 4 nitrogen and oxygen atoms in total. The molecule has 1 aliphatic carbocycles. The van der Waals surface area contributed by atoms with Gasteiger partial charge >= 0.3 is 0 Å². The number of halogens is 2. The lowest BCUT2D eigenvalue weighted by molar-refractivity contribution is 0.621. The predicted octanol–water partition coefficient (Wildman–Crippen LogP) is 2.29. The van der Waals surface area contributed by atoms with Gasteiger partial charge < -0.3 is 5.32 Å². The highest BCUT2D eigenvalue weighted by atomic mass is 79.9. The molecule has 2 rings (SSSR count). The molecule has 1 fully saturated rings. The van der Waals surface area contributed by atoms with Crippen molar-refractivity contribution in [2.45, 2.75) is 25.8 Å². The van der Waals surface area contributed by atoms with E-state index in [9.17, 15) is 4.39 Å². The van der Waals surface area contributed by atoms with E-state index >= 15 is 0 Å². The Labute approximate surface area is 108 Å². The number of nitrogens with zero attached hydrogens (tertiary/aromatic N) is 1. The molecule has 0 atom stereocenters. The Bertz CT molecular complexity index is 457. The van der Waals surface area contributed by atoms with Gasteiger partial charge in [0.2, 0.25) is 5.96 Å². The third-order valence-electron chi connectivity index (χ3n) is 2.52. The molecule has 1 aliphatic rings. The number of anilines is 1. The Morgan fingerprint density at radius 2 is 2.24 bits per heavy atom. The lowest BCUT2D eigenvalue weighted by Gasteiger charge is -2.12. The highest BCUT2D eigenvalue weighted by Crippen LogP contribution is 2.25. The van der Waals surface area contributed by atoms with E-state index in [1.54, 1.807) is 6.07 Å². The highest BCUT2D eigenvalue weighted by molar-refractivity contribution is 9.10. The predicted molar refractivity (Wildman–Crippen MR) is 70.2 cm³/mol. The molecule has 6 heteroatoms. The molecule has 0 radical (unpaired) electrons. The smallest absolute Gasteiger partial charge is 0.210 e. The third kappa shape index (κ3) is 3.17. The number of hydrogen-bond donors (Lipinski definition) is 3. The van der Waals surface area contributed by atoms with Crippen LogP contribution in [0.4, 0.5) is 10.1 Å². The number of nitrogens with one attached hydrogen (secondary N) is 2. The standard InChI is InChI=1S/C11H14BrFN4/c1-6-4-8(12)9(13)5-10(6)16-11(17-14)15-7-2-3-7/h4-5,7H,2-3,14H2,1H3,(H2,15,16,17). The minimum absolute atomic E-state index is 0.319. The first-order valence-corrected chi connectivity index (χ1v) is 6.16. The van der Waals surface area contributed by atoms with Gasteiger partial charge in [0.25, 0.3) is 0 Å². The third-order valence-corrected chi connectivity index (χ3v) is 3.12. The molecule has 1 aromatic rings. The van der Waals surface area contributed by atoms with Crippen LogP contribution in [0.5, 0.6) is 0 Å². The van der Waals surface area contributed by atoms with E-state index in [-0.39, 0.29) is 5.82 Å². The van der Waals surface area contributed by atoms with E-state index < -0.39 is 0 Å². The number of guanidine groups is 1. The summed E-state index contributed by atoms with van der Waals surface area (Å²) >= 11 is 3.14. The van der Waals surface area contributed by atoms with Gasteiger partial charge in [-0.1, -0.05) is 0 Å². The Balaban J connectivity index is 2.19. The van der Waals surface area contributed by atoms with Gasteiger partial charge in [-0.2, -0.15) is 0 Å². The average molecular weight is 301 g/mol. The Kier molecular flexibility index (Phi) is 3.63. The fourth-order valence-electron chi connectivity index (χ4n) is 1.40. The summed E-state index contributed by atoms with van der Waals surface area (Å²) in [5.41, 5.74) is 4.06. The largest absolute Gasteiger partial charge is 0.325 e. The lowest BCUT2D eigenvalue weighted by atomic mass is 10.2. The summed E-state index contributed by atoms with van der Waals surface area (Å²) in [7, 11) is 0. The van der Waals surface area contributed by atoms with Crippen molar-refractivity contribution < 1.29 is 4.39 Å². The van der Waals surface area contributed by atoms with E-state index in [1.807, 2.05) is 6.92 Å². The number of hydrazine groups is 1. The maximum Gasteiger partial charge on any atom is 0.210 e. The van der Waals surface area contributed by atoms with Crippen molar-refractivity contribution in [3.05, 3.63) is 28.0 Å². The Morgan fingerprint density at radius 3 is 2.82 bits per heavy atom. The molecule has 4 N–H and O–H groups in total. The minimum atomic E-state index is -0.319. The quantitative estimate of drug-likeness (QED) is 0.340. The van der Waals surface area contributed by atoms with Crippen LogP contribution in [0.25, 0.3) is 0 Å². The second kappa shape index (κ2) is 5.01. The number of aliphatic imine (C=N–C) groups is 1. The molecule has 1 aromatic carbocycles. The summed E-state index contributed by atoms with van der Waals surface area (Å²) in [5, 5.41) is 2.99. The summed E-state index contributed by atoms with van der Waals surface area (Å²) in [6.45, 7) is 1.89. The van der Waals surface area contributed by atoms with Gasteiger partial charge in [0.05, 0.1) is 10.5 Å². The molecule has 0 unspecified atom stereocenters. The first kappa shape index (κ1) is 12.3. The maximum absolute atomic E-state index is 13.4. The van der Waals surface area contributed by atoms with Crippen LogP contribution >= 0.6 is 15.9 Å². The second-order valence-corrected chi connectivity index (χ2v) is 4.91. The molecule has 0 spiro atoms. The van der Waals surface area contributed by atoms with Crippen molar-refractivity contribution >= 4 is 27.6 Å². The summed E-state index contributed by atoms with van der Waals surface area (Å²) < 4.78 is 13.9. The van der Waals surface area contributed by atoms with Crippen LogP contribution in [0, 0.1) is 12.7 Å². The van der Waals surface area contributed by atoms with Gasteiger partial charge in [-0.3, -0.25) is 5.43 Å². The fraction of sp³-hybridized carbons (Fsp3) is 0.364. The molecule has 0 bridgehead atoms.